The Hall–Kier alpha value is -1.73. The third-order valence-electron chi connectivity index (χ3n) is 5.30. The number of aryl methyl sites for hydroxylation is 1. The normalized spacial score (nSPS) is 19.6. The van der Waals surface area contributed by atoms with E-state index in [0.717, 1.165) is 37.8 Å². The van der Waals surface area contributed by atoms with Crippen molar-refractivity contribution in [2.45, 2.75) is 44.6 Å². The zero-order chi connectivity index (χ0) is 17.1. The molecule has 3 heterocycles. The van der Waals surface area contributed by atoms with Gasteiger partial charge in [-0.05, 0) is 24.3 Å². The summed E-state index contributed by atoms with van der Waals surface area (Å²) < 4.78 is 5.66. The highest BCUT2D eigenvalue weighted by Gasteiger charge is 2.27. The standard InChI is InChI=1S/C18H24N4O2S/c23-17(22-10-8-21(9-11-22)15-3-1-2-4-15)6-5-16-19-20-18(24-16)14-7-12-25-13-14/h7,12-13,15H,1-6,8-11H2. The lowest BCUT2D eigenvalue weighted by Crippen LogP contribution is -2.51. The van der Waals surface area contributed by atoms with E-state index >= 15 is 0 Å². The first-order valence-corrected chi connectivity index (χ1v) is 10.1. The van der Waals surface area contributed by atoms with Crippen LogP contribution in [0.3, 0.4) is 0 Å². The summed E-state index contributed by atoms with van der Waals surface area (Å²) in [6.07, 6.45) is 6.34. The maximum atomic E-state index is 12.5. The van der Waals surface area contributed by atoms with E-state index in [0.29, 0.717) is 24.6 Å². The predicted octanol–water partition coefficient (Wildman–Crippen LogP) is 2.82. The number of carbonyl (C=O) groups is 1. The SMILES string of the molecule is O=C(CCc1nnc(-c2ccsc2)o1)N1CCN(C2CCCC2)CC1. The Morgan fingerprint density at radius 2 is 2.00 bits per heavy atom. The van der Waals surface area contributed by atoms with Gasteiger partial charge in [0.15, 0.2) is 0 Å². The molecule has 0 atom stereocenters. The van der Waals surface area contributed by atoms with Crippen LogP contribution in [-0.2, 0) is 11.2 Å². The lowest BCUT2D eigenvalue weighted by molar-refractivity contribution is -0.133. The van der Waals surface area contributed by atoms with Crippen LogP contribution in [0.2, 0.25) is 0 Å². The molecule has 0 aromatic carbocycles. The molecule has 1 saturated carbocycles. The predicted molar refractivity (Wildman–Crippen MR) is 96.3 cm³/mol. The van der Waals surface area contributed by atoms with E-state index in [1.807, 2.05) is 21.7 Å². The number of rotatable bonds is 5. The Morgan fingerprint density at radius 3 is 2.72 bits per heavy atom. The molecular weight excluding hydrogens is 336 g/mol. The number of amides is 1. The van der Waals surface area contributed by atoms with Gasteiger partial charge in [0, 0.05) is 56.0 Å². The molecule has 25 heavy (non-hydrogen) atoms. The van der Waals surface area contributed by atoms with Gasteiger partial charge < -0.3 is 9.32 Å². The molecular formula is C18H24N4O2S. The molecule has 0 spiro atoms. The molecule has 0 unspecified atom stereocenters. The van der Waals surface area contributed by atoms with E-state index in [1.54, 1.807) is 11.3 Å². The van der Waals surface area contributed by atoms with Crippen molar-refractivity contribution in [2.75, 3.05) is 26.2 Å². The Morgan fingerprint density at radius 1 is 1.20 bits per heavy atom. The van der Waals surface area contributed by atoms with Gasteiger partial charge >= 0.3 is 0 Å². The van der Waals surface area contributed by atoms with E-state index in [4.69, 9.17) is 4.42 Å². The van der Waals surface area contributed by atoms with Gasteiger partial charge in [-0.2, -0.15) is 11.3 Å². The Labute approximate surface area is 151 Å². The number of hydrogen-bond donors (Lipinski definition) is 0. The molecule has 2 fully saturated rings. The lowest BCUT2D eigenvalue weighted by Gasteiger charge is -2.38. The molecule has 7 heteroatoms. The van der Waals surface area contributed by atoms with E-state index in [-0.39, 0.29) is 5.91 Å². The summed E-state index contributed by atoms with van der Waals surface area (Å²) in [5.41, 5.74) is 0.943. The summed E-state index contributed by atoms with van der Waals surface area (Å²) in [5.74, 6) is 1.27. The third-order valence-corrected chi connectivity index (χ3v) is 5.98. The summed E-state index contributed by atoms with van der Waals surface area (Å²) in [4.78, 5) is 17.0. The largest absolute Gasteiger partial charge is 0.421 e. The van der Waals surface area contributed by atoms with Crippen LogP contribution >= 0.6 is 11.3 Å². The van der Waals surface area contributed by atoms with Crippen molar-refractivity contribution in [3.05, 3.63) is 22.7 Å². The van der Waals surface area contributed by atoms with Crippen LogP contribution in [0.1, 0.15) is 38.0 Å². The van der Waals surface area contributed by atoms with E-state index in [9.17, 15) is 4.79 Å². The second-order valence-electron chi connectivity index (χ2n) is 6.87. The summed E-state index contributed by atoms with van der Waals surface area (Å²) in [7, 11) is 0. The summed E-state index contributed by atoms with van der Waals surface area (Å²) in [6, 6.07) is 2.71. The van der Waals surface area contributed by atoms with E-state index in [2.05, 4.69) is 15.1 Å². The van der Waals surface area contributed by atoms with Crippen molar-refractivity contribution in [1.82, 2.24) is 20.0 Å². The Kier molecular flexibility index (Phi) is 5.12. The van der Waals surface area contributed by atoms with Crippen LogP contribution in [0.25, 0.3) is 11.5 Å². The minimum absolute atomic E-state index is 0.196. The molecule has 1 amide bonds. The molecule has 2 aromatic heterocycles. The van der Waals surface area contributed by atoms with Crippen LogP contribution < -0.4 is 0 Å². The lowest BCUT2D eigenvalue weighted by atomic mass is 10.1. The molecule has 6 nitrogen and oxygen atoms in total. The minimum Gasteiger partial charge on any atom is -0.421 e. The summed E-state index contributed by atoms with van der Waals surface area (Å²) in [5, 5.41) is 12.1. The molecule has 2 aliphatic rings. The quantitative estimate of drug-likeness (QED) is 0.820. The molecule has 0 bridgehead atoms. The molecule has 1 aliphatic heterocycles. The monoisotopic (exact) mass is 360 g/mol. The second kappa shape index (κ2) is 7.66. The molecule has 0 N–H and O–H groups in total. The zero-order valence-corrected chi connectivity index (χ0v) is 15.2. The van der Waals surface area contributed by atoms with Crippen LogP contribution in [0.15, 0.2) is 21.2 Å². The van der Waals surface area contributed by atoms with Gasteiger partial charge in [-0.3, -0.25) is 9.69 Å². The fourth-order valence-electron chi connectivity index (χ4n) is 3.84. The molecule has 4 rings (SSSR count). The molecule has 1 saturated heterocycles. The van der Waals surface area contributed by atoms with Crippen molar-refractivity contribution >= 4 is 17.2 Å². The number of carbonyl (C=O) groups excluding carboxylic acids is 1. The number of hydrogen-bond acceptors (Lipinski definition) is 6. The highest BCUT2D eigenvalue weighted by atomic mass is 32.1. The van der Waals surface area contributed by atoms with Gasteiger partial charge in [0.25, 0.3) is 0 Å². The van der Waals surface area contributed by atoms with Crippen molar-refractivity contribution in [1.29, 1.82) is 0 Å². The van der Waals surface area contributed by atoms with Gasteiger partial charge in [0.1, 0.15) is 0 Å². The van der Waals surface area contributed by atoms with E-state index in [1.165, 1.54) is 25.7 Å². The average Bonchev–Trinajstić information content (AvgIpc) is 3.42. The Bertz CT molecular complexity index is 686. The smallest absolute Gasteiger partial charge is 0.248 e. The molecule has 0 radical (unpaired) electrons. The fraction of sp³-hybridized carbons (Fsp3) is 0.611. The minimum atomic E-state index is 0.196. The Balaban J connectivity index is 1.24. The number of nitrogens with zero attached hydrogens (tertiary/aromatic N) is 4. The van der Waals surface area contributed by atoms with Crippen molar-refractivity contribution < 1.29 is 9.21 Å². The van der Waals surface area contributed by atoms with Crippen LogP contribution in [0.4, 0.5) is 0 Å². The highest BCUT2D eigenvalue weighted by Crippen LogP contribution is 2.24. The van der Waals surface area contributed by atoms with Crippen molar-refractivity contribution in [3.63, 3.8) is 0 Å². The van der Waals surface area contributed by atoms with Crippen LogP contribution in [-0.4, -0.2) is 58.1 Å². The summed E-state index contributed by atoms with van der Waals surface area (Å²) in [6.45, 7) is 3.72. The van der Waals surface area contributed by atoms with Gasteiger partial charge in [-0.15, -0.1) is 10.2 Å². The fourth-order valence-corrected chi connectivity index (χ4v) is 4.47. The maximum absolute atomic E-state index is 12.5. The van der Waals surface area contributed by atoms with E-state index < -0.39 is 0 Å². The van der Waals surface area contributed by atoms with Gasteiger partial charge in [0.2, 0.25) is 17.7 Å². The highest BCUT2D eigenvalue weighted by molar-refractivity contribution is 7.08. The molecule has 134 valence electrons. The van der Waals surface area contributed by atoms with Gasteiger partial charge in [-0.1, -0.05) is 12.8 Å². The first-order chi connectivity index (χ1) is 12.3. The van der Waals surface area contributed by atoms with Gasteiger partial charge in [0.05, 0.1) is 0 Å². The summed E-state index contributed by atoms with van der Waals surface area (Å²) >= 11 is 1.60. The first kappa shape index (κ1) is 16.7. The maximum Gasteiger partial charge on any atom is 0.248 e. The van der Waals surface area contributed by atoms with Crippen molar-refractivity contribution in [3.8, 4) is 11.5 Å². The number of thiophene rings is 1. The van der Waals surface area contributed by atoms with Crippen LogP contribution in [0.5, 0.6) is 0 Å². The average molecular weight is 360 g/mol. The second-order valence-corrected chi connectivity index (χ2v) is 7.65. The van der Waals surface area contributed by atoms with Crippen LogP contribution in [0, 0.1) is 0 Å². The molecule has 2 aromatic rings. The van der Waals surface area contributed by atoms with Crippen molar-refractivity contribution in [2.24, 2.45) is 0 Å². The third kappa shape index (κ3) is 3.93. The molecule has 1 aliphatic carbocycles. The topological polar surface area (TPSA) is 62.5 Å². The number of piperazine rings is 1. The first-order valence-electron chi connectivity index (χ1n) is 9.16. The zero-order valence-electron chi connectivity index (χ0n) is 14.4. The van der Waals surface area contributed by atoms with Gasteiger partial charge in [-0.25, -0.2) is 0 Å². The number of aromatic nitrogens is 2.